The van der Waals surface area contributed by atoms with Crippen molar-refractivity contribution in [2.75, 3.05) is 26.8 Å². The summed E-state index contributed by atoms with van der Waals surface area (Å²) < 4.78 is 10.2. The Morgan fingerprint density at radius 3 is 2.61 bits per heavy atom. The summed E-state index contributed by atoms with van der Waals surface area (Å²) in [7, 11) is 1.35. The van der Waals surface area contributed by atoms with Crippen LogP contribution in [-0.2, 0) is 20.7 Å². The Hall–Kier alpha value is -2.04. The molecule has 0 fully saturated rings. The highest BCUT2D eigenvalue weighted by molar-refractivity contribution is 5.78. The maximum Gasteiger partial charge on any atom is 0.307 e. The van der Waals surface area contributed by atoms with Crippen LogP contribution in [0.3, 0.4) is 0 Å². The first-order chi connectivity index (χ1) is 11.1. The third-order valence-electron chi connectivity index (χ3n) is 3.62. The molecule has 5 heteroatoms. The standard InChI is InChI=1S/C18H27NO4/c1-4-6-11-19(12-10-18(21)22-3)17(20)14-23-16-9-7-8-15(5-2)13-16/h7-9,13H,4-6,10-12,14H2,1-3H3. The molecule has 0 saturated heterocycles. The van der Waals surface area contributed by atoms with E-state index in [1.807, 2.05) is 24.3 Å². The number of amides is 1. The molecular formula is C18H27NO4. The predicted octanol–water partition coefficient (Wildman–Crippen LogP) is 2.82. The molecule has 0 spiro atoms. The molecule has 23 heavy (non-hydrogen) atoms. The Labute approximate surface area is 138 Å². The van der Waals surface area contributed by atoms with Crippen molar-refractivity contribution in [3.8, 4) is 5.75 Å². The van der Waals surface area contributed by atoms with E-state index in [4.69, 9.17) is 4.74 Å². The SMILES string of the molecule is CCCCN(CCC(=O)OC)C(=O)COc1cccc(CC)c1. The molecule has 0 saturated carbocycles. The second-order valence-corrected chi connectivity index (χ2v) is 5.35. The van der Waals surface area contributed by atoms with E-state index in [0.29, 0.717) is 18.8 Å². The van der Waals surface area contributed by atoms with Gasteiger partial charge in [0.1, 0.15) is 5.75 Å². The zero-order valence-corrected chi connectivity index (χ0v) is 14.3. The smallest absolute Gasteiger partial charge is 0.307 e. The van der Waals surface area contributed by atoms with Crippen LogP contribution in [0.25, 0.3) is 0 Å². The zero-order valence-electron chi connectivity index (χ0n) is 14.3. The van der Waals surface area contributed by atoms with Gasteiger partial charge in [0.15, 0.2) is 6.61 Å². The molecule has 5 nitrogen and oxygen atoms in total. The van der Waals surface area contributed by atoms with E-state index in [-0.39, 0.29) is 24.9 Å². The van der Waals surface area contributed by atoms with Gasteiger partial charge in [-0.05, 0) is 30.5 Å². The molecule has 0 aliphatic rings. The van der Waals surface area contributed by atoms with Gasteiger partial charge in [-0.15, -0.1) is 0 Å². The molecule has 0 heterocycles. The van der Waals surface area contributed by atoms with E-state index in [1.54, 1.807) is 4.90 Å². The number of esters is 1. The normalized spacial score (nSPS) is 10.2. The number of carbonyl (C=O) groups is 2. The minimum absolute atomic E-state index is 0.0158. The molecule has 0 unspecified atom stereocenters. The number of ether oxygens (including phenoxy) is 2. The van der Waals surface area contributed by atoms with Gasteiger partial charge in [-0.1, -0.05) is 32.4 Å². The quantitative estimate of drug-likeness (QED) is 0.622. The van der Waals surface area contributed by atoms with E-state index in [0.717, 1.165) is 19.3 Å². The maximum absolute atomic E-state index is 12.3. The molecule has 1 aromatic carbocycles. The third-order valence-corrected chi connectivity index (χ3v) is 3.62. The topological polar surface area (TPSA) is 55.8 Å². The molecule has 0 atom stereocenters. The van der Waals surface area contributed by atoms with Crippen molar-refractivity contribution < 1.29 is 19.1 Å². The largest absolute Gasteiger partial charge is 0.484 e. The molecule has 0 N–H and O–H groups in total. The van der Waals surface area contributed by atoms with Gasteiger partial charge in [-0.25, -0.2) is 0 Å². The van der Waals surface area contributed by atoms with Crippen molar-refractivity contribution in [2.24, 2.45) is 0 Å². The summed E-state index contributed by atoms with van der Waals surface area (Å²) in [4.78, 5) is 25.3. The number of unbranched alkanes of at least 4 members (excludes halogenated alkanes) is 1. The lowest BCUT2D eigenvalue weighted by Gasteiger charge is -2.22. The molecule has 128 valence electrons. The van der Waals surface area contributed by atoms with Gasteiger partial charge in [0.05, 0.1) is 13.5 Å². The van der Waals surface area contributed by atoms with Crippen molar-refractivity contribution in [1.29, 1.82) is 0 Å². The van der Waals surface area contributed by atoms with Crippen molar-refractivity contribution in [1.82, 2.24) is 4.90 Å². The summed E-state index contributed by atoms with van der Waals surface area (Å²) in [5.41, 5.74) is 1.17. The molecule has 1 rings (SSSR count). The monoisotopic (exact) mass is 321 g/mol. The molecule has 0 aliphatic carbocycles. The first kappa shape index (κ1) is 19.0. The first-order valence-electron chi connectivity index (χ1n) is 8.17. The van der Waals surface area contributed by atoms with Gasteiger partial charge in [-0.3, -0.25) is 9.59 Å². The van der Waals surface area contributed by atoms with E-state index in [9.17, 15) is 9.59 Å². The Morgan fingerprint density at radius 1 is 1.17 bits per heavy atom. The van der Waals surface area contributed by atoms with Crippen LogP contribution in [0.5, 0.6) is 5.75 Å². The highest BCUT2D eigenvalue weighted by atomic mass is 16.5. The number of aryl methyl sites for hydroxylation is 1. The predicted molar refractivity (Wildman–Crippen MR) is 89.4 cm³/mol. The average Bonchev–Trinajstić information content (AvgIpc) is 2.59. The van der Waals surface area contributed by atoms with Gasteiger partial charge < -0.3 is 14.4 Å². The van der Waals surface area contributed by atoms with Gasteiger partial charge in [0, 0.05) is 13.1 Å². The minimum Gasteiger partial charge on any atom is -0.484 e. The van der Waals surface area contributed by atoms with Crippen molar-refractivity contribution in [3.63, 3.8) is 0 Å². The van der Waals surface area contributed by atoms with Crippen molar-refractivity contribution in [2.45, 2.75) is 39.5 Å². The number of hydrogen-bond donors (Lipinski definition) is 0. The van der Waals surface area contributed by atoms with E-state index in [2.05, 4.69) is 18.6 Å². The fourth-order valence-corrected chi connectivity index (χ4v) is 2.13. The lowest BCUT2D eigenvalue weighted by molar-refractivity contribution is -0.142. The highest BCUT2D eigenvalue weighted by Gasteiger charge is 2.15. The lowest BCUT2D eigenvalue weighted by atomic mass is 10.2. The fraction of sp³-hybridized carbons (Fsp3) is 0.556. The summed E-state index contributed by atoms with van der Waals surface area (Å²) >= 11 is 0. The third kappa shape index (κ3) is 7.17. The Bertz CT molecular complexity index is 502. The Balaban J connectivity index is 2.55. The second-order valence-electron chi connectivity index (χ2n) is 5.35. The van der Waals surface area contributed by atoms with Crippen molar-refractivity contribution >= 4 is 11.9 Å². The van der Waals surface area contributed by atoms with E-state index in [1.165, 1.54) is 12.7 Å². The van der Waals surface area contributed by atoms with E-state index >= 15 is 0 Å². The van der Waals surface area contributed by atoms with Crippen LogP contribution in [0.2, 0.25) is 0 Å². The van der Waals surface area contributed by atoms with E-state index < -0.39 is 0 Å². The molecule has 0 aromatic heterocycles. The summed E-state index contributed by atoms with van der Waals surface area (Å²) in [5.74, 6) is 0.279. The van der Waals surface area contributed by atoms with Gasteiger partial charge in [0.2, 0.25) is 0 Å². The molecule has 0 radical (unpaired) electrons. The number of hydrogen-bond acceptors (Lipinski definition) is 4. The Kier molecular flexibility index (Phi) is 8.80. The first-order valence-corrected chi connectivity index (χ1v) is 8.17. The van der Waals surface area contributed by atoms with Gasteiger partial charge in [0.25, 0.3) is 5.91 Å². The summed E-state index contributed by atoms with van der Waals surface area (Å²) in [5, 5.41) is 0. The summed E-state index contributed by atoms with van der Waals surface area (Å²) in [6.07, 6.45) is 3.02. The van der Waals surface area contributed by atoms with Crippen LogP contribution in [0.15, 0.2) is 24.3 Å². The number of rotatable bonds is 10. The number of methoxy groups -OCH3 is 1. The second kappa shape index (κ2) is 10.6. The van der Waals surface area contributed by atoms with Crippen LogP contribution in [0.4, 0.5) is 0 Å². The van der Waals surface area contributed by atoms with Crippen LogP contribution in [0.1, 0.15) is 38.7 Å². The van der Waals surface area contributed by atoms with Crippen LogP contribution in [-0.4, -0.2) is 43.6 Å². The number of carbonyl (C=O) groups excluding carboxylic acids is 2. The molecule has 0 aliphatic heterocycles. The Morgan fingerprint density at radius 2 is 1.96 bits per heavy atom. The van der Waals surface area contributed by atoms with Crippen LogP contribution in [0, 0.1) is 0 Å². The lowest BCUT2D eigenvalue weighted by Crippen LogP contribution is -2.37. The molecule has 1 amide bonds. The number of benzene rings is 1. The van der Waals surface area contributed by atoms with Crippen molar-refractivity contribution in [3.05, 3.63) is 29.8 Å². The fourth-order valence-electron chi connectivity index (χ4n) is 2.13. The minimum atomic E-state index is -0.309. The maximum atomic E-state index is 12.3. The number of nitrogens with zero attached hydrogens (tertiary/aromatic N) is 1. The summed E-state index contributed by atoms with van der Waals surface area (Å²) in [6, 6.07) is 7.73. The summed E-state index contributed by atoms with van der Waals surface area (Å²) in [6.45, 7) is 5.12. The zero-order chi connectivity index (χ0) is 17.1. The van der Waals surface area contributed by atoms with Crippen LogP contribution < -0.4 is 4.74 Å². The van der Waals surface area contributed by atoms with Gasteiger partial charge in [-0.2, -0.15) is 0 Å². The highest BCUT2D eigenvalue weighted by Crippen LogP contribution is 2.14. The van der Waals surface area contributed by atoms with Crippen LogP contribution >= 0.6 is 0 Å². The molecular weight excluding hydrogens is 294 g/mol. The molecule has 0 bridgehead atoms. The van der Waals surface area contributed by atoms with Gasteiger partial charge >= 0.3 is 5.97 Å². The molecule has 1 aromatic rings. The average molecular weight is 321 g/mol.